The largest absolute Gasteiger partial charge is 0.482 e. The van der Waals surface area contributed by atoms with Crippen molar-refractivity contribution >= 4 is 40.4 Å². The molecule has 1 aliphatic rings. The Hall–Kier alpha value is -2.12. The molecule has 0 saturated heterocycles. The van der Waals surface area contributed by atoms with E-state index in [1.54, 1.807) is 47.7 Å². The molecule has 0 saturated carbocycles. The van der Waals surface area contributed by atoms with E-state index >= 15 is 0 Å². The van der Waals surface area contributed by atoms with E-state index in [1.165, 1.54) is 4.90 Å². The van der Waals surface area contributed by atoms with Crippen LogP contribution in [0.15, 0.2) is 24.4 Å². The van der Waals surface area contributed by atoms with Gasteiger partial charge in [-0.05, 0) is 25.1 Å². The van der Waals surface area contributed by atoms with Crippen molar-refractivity contribution in [1.82, 2.24) is 9.88 Å². The van der Waals surface area contributed by atoms with E-state index in [0.29, 0.717) is 23.0 Å². The average Bonchev–Trinajstić information content (AvgIpc) is 2.95. The summed E-state index contributed by atoms with van der Waals surface area (Å²) in [6.45, 7) is 2.25. The number of fused-ring (bicyclic) bond motifs is 1. The van der Waals surface area contributed by atoms with Crippen molar-refractivity contribution in [3.05, 3.63) is 39.3 Å². The molecule has 0 fully saturated rings. The maximum absolute atomic E-state index is 12.5. The van der Waals surface area contributed by atoms with Crippen LogP contribution in [0.2, 0.25) is 5.02 Å². The van der Waals surface area contributed by atoms with E-state index in [1.807, 2.05) is 6.92 Å². The van der Waals surface area contributed by atoms with Crippen LogP contribution in [-0.2, 0) is 16.1 Å². The highest BCUT2D eigenvalue weighted by Gasteiger charge is 2.28. The third kappa shape index (κ3) is 3.52. The number of thiazole rings is 1. The number of hydrogen-bond acceptors (Lipinski definition) is 5. The molecule has 0 atom stereocenters. The zero-order chi connectivity index (χ0) is 17.3. The van der Waals surface area contributed by atoms with Gasteiger partial charge < -0.3 is 9.64 Å². The molecule has 0 unspecified atom stereocenters. The van der Waals surface area contributed by atoms with Crippen molar-refractivity contribution < 1.29 is 14.3 Å². The van der Waals surface area contributed by atoms with Gasteiger partial charge in [0.2, 0.25) is 5.91 Å². The monoisotopic (exact) mass is 365 g/mol. The highest BCUT2D eigenvalue weighted by Crippen LogP contribution is 2.34. The lowest BCUT2D eigenvalue weighted by Crippen LogP contribution is -2.45. The van der Waals surface area contributed by atoms with Crippen molar-refractivity contribution in [3.8, 4) is 5.75 Å². The van der Waals surface area contributed by atoms with Gasteiger partial charge in [0.25, 0.3) is 5.91 Å². The van der Waals surface area contributed by atoms with Crippen molar-refractivity contribution in [2.75, 3.05) is 25.1 Å². The van der Waals surface area contributed by atoms with Crippen LogP contribution in [-0.4, -0.2) is 41.9 Å². The third-order valence-electron chi connectivity index (χ3n) is 3.65. The summed E-state index contributed by atoms with van der Waals surface area (Å²) in [5, 5.41) is 1.44. The predicted octanol–water partition coefficient (Wildman–Crippen LogP) is 2.49. The molecule has 0 aliphatic carbocycles. The molecular formula is C16H16ClN3O3S. The van der Waals surface area contributed by atoms with E-state index in [-0.39, 0.29) is 25.0 Å². The fraction of sp³-hybridized carbons (Fsp3) is 0.312. The Morgan fingerprint density at radius 1 is 1.50 bits per heavy atom. The van der Waals surface area contributed by atoms with Crippen molar-refractivity contribution in [1.29, 1.82) is 0 Å². The first-order valence-electron chi connectivity index (χ1n) is 7.32. The number of ether oxygens (including phenoxy) is 1. The Kier molecular flexibility index (Phi) is 4.73. The molecule has 1 aliphatic heterocycles. The molecule has 0 spiro atoms. The van der Waals surface area contributed by atoms with Gasteiger partial charge in [0, 0.05) is 23.1 Å². The minimum Gasteiger partial charge on any atom is -0.482 e. The number of carbonyl (C=O) groups is 2. The predicted molar refractivity (Wildman–Crippen MR) is 92.6 cm³/mol. The highest BCUT2D eigenvalue weighted by atomic mass is 35.5. The number of aryl methyl sites for hydroxylation is 1. The van der Waals surface area contributed by atoms with Gasteiger partial charge in [0.15, 0.2) is 6.61 Å². The number of halogens is 1. The Labute approximate surface area is 148 Å². The molecule has 0 radical (unpaired) electrons. The number of aromatic nitrogens is 1. The van der Waals surface area contributed by atoms with E-state index in [4.69, 9.17) is 16.3 Å². The van der Waals surface area contributed by atoms with E-state index in [9.17, 15) is 9.59 Å². The third-order valence-corrected chi connectivity index (χ3v) is 4.78. The molecular weight excluding hydrogens is 350 g/mol. The van der Waals surface area contributed by atoms with Gasteiger partial charge in [0.05, 0.1) is 17.2 Å². The molecule has 6 nitrogen and oxygen atoms in total. The summed E-state index contributed by atoms with van der Waals surface area (Å²) in [5.41, 5.74) is 0.522. The van der Waals surface area contributed by atoms with Crippen LogP contribution in [0.1, 0.15) is 9.88 Å². The molecule has 24 heavy (non-hydrogen) atoms. The van der Waals surface area contributed by atoms with Crippen LogP contribution in [0.3, 0.4) is 0 Å². The van der Waals surface area contributed by atoms with Gasteiger partial charge in [-0.3, -0.25) is 14.5 Å². The maximum Gasteiger partial charge on any atom is 0.265 e. The Morgan fingerprint density at radius 3 is 3.00 bits per heavy atom. The molecule has 2 aromatic rings. The minimum atomic E-state index is -0.264. The zero-order valence-electron chi connectivity index (χ0n) is 13.3. The number of amides is 2. The number of hydrogen-bond donors (Lipinski definition) is 0. The van der Waals surface area contributed by atoms with Crippen LogP contribution in [0, 0.1) is 6.92 Å². The molecule has 1 aromatic carbocycles. The molecule has 2 heterocycles. The van der Waals surface area contributed by atoms with Gasteiger partial charge in [-0.25, -0.2) is 4.98 Å². The summed E-state index contributed by atoms with van der Waals surface area (Å²) in [6, 6.07) is 5.02. The van der Waals surface area contributed by atoms with E-state index in [2.05, 4.69) is 4.98 Å². The highest BCUT2D eigenvalue weighted by molar-refractivity contribution is 7.11. The van der Waals surface area contributed by atoms with Crippen molar-refractivity contribution in [2.24, 2.45) is 0 Å². The maximum atomic E-state index is 12.5. The summed E-state index contributed by atoms with van der Waals surface area (Å²) < 4.78 is 5.38. The number of anilines is 1. The molecule has 0 N–H and O–H groups in total. The minimum absolute atomic E-state index is 0.0518. The second kappa shape index (κ2) is 6.78. The number of likely N-dealkylation sites (N-methyl/N-ethyl adjacent to an activating group) is 1. The second-order valence-corrected chi connectivity index (χ2v) is 7.23. The Balaban J connectivity index is 1.74. The van der Waals surface area contributed by atoms with E-state index in [0.717, 1.165) is 9.88 Å². The zero-order valence-corrected chi connectivity index (χ0v) is 14.9. The molecule has 8 heteroatoms. The van der Waals surface area contributed by atoms with Crippen LogP contribution < -0.4 is 9.64 Å². The van der Waals surface area contributed by atoms with Crippen LogP contribution in [0.25, 0.3) is 0 Å². The lowest BCUT2D eigenvalue weighted by Gasteiger charge is -2.30. The van der Waals surface area contributed by atoms with Crippen LogP contribution in [0.4, 0.5) is 5.69 Å². The van der Waals surface area contributed by atoms with Crippen LogP contribution in [0.5, 0.6) is 5.75 Å². The summed E-state index contributed by atoms with van der Waals surface area (Å²) in [5.74, 6) is 0.120. The first kappa shape index (κ1) is 16.7. The first-order chi connectivity index (χ1) is 11.4. The van der Waals surface area contributed by atoms with Crippen molar-refractivity contribution in [2.45, 2.75) is 13.5 Å². The smallest absolute Gasteiger partial charge is 0.265 e. The summed E-state index contributed by atoms with van der Waals surface area (Å²) in [4.78, 5) is 32.9. The number of nitrogens with zero attached hydrogens (tertiary/aromatic N) is 3. The van der Waals surface area contributed by atoms with Crippen LogP contribution >= 0.6 is 22.9 Å². The Bertz CT molecular complexity index is 793. The second-order valence-electron chi connectivity index (χ2n) is 5.48. The standard InChI is InChI=1S/C16H16ClN3O3S/c1-10-18-6-12(24-10)7-19(2)15(21)8-20-13-5-11(17)3-4-14(13)23-9-16(20)22/h3-6H,7-9H2,1-2H3. The molecule has 3 rings (SSSR count). The van der Waals surface area contributed by atoms with Gasteiger partial charge >= 0.3 is 0 Å². The Morgan fingerprint density at radius 2 is 2.29 bits per heavy atom. The average molecular weight is 366 g/mol. The quantitative estimate of drug-likeness (QED) is 0.835. The topological polar surface area (TPSA) is 62.7 Å². The number of benzene rings is 1. The van der Waals surface area contributed by atoms with Gasteiger partial charge in [-0.15, -0.1) is 11.3 Å². The van der Waals surface area contributed by atoms with Gasteiger partial charge in [-0.1, -0.05) is 11.6 Å². The lowest BCUT2D eigenvalue weighted by molar-refractivity contribution is -0.131. The van der Waals surface area contributed by atoms with Gasteiger partial charge in [0.1, 0.15) is 12.3 Å². The molecule has 126 valence electrons. The number of rotatable bonds is 4. The molecule has 1 aromatic heterocycles. The molecule has 2 amide bonds. The summed E-state index contributed by atoms with van der Waals surface area (Å²) in [6.07, 6.45) is 1.76. The molecule has 0 bridgehead atoms. The normalized spacial score (nSPS) is 13.5. The summed E-state index contributed by atoms with van der Waals surface area (Å²) in [7, 11) is 1.71. The SMILES string of the molecule is Cc1ncc(CN(C)C(=O)CN2C(=O)COc3ccc(Cl)cc32)s1. The number of carbonyl (C=O) groups excluding carboxylic acids is 2. The van der Waals surface area contributed by atoms with E-state index < -0.39 is 0 Å². The fourth-order valence-electron chi connectivity index (χ4n) is 2.40. The summed E-state index contributed by atoms with van der Waals surface area (Å²) >= 11 is 7.55. The fourth-order valence-corrected chi connectivity index (χ4v) is 3.42. The van der Waals surface area contributed by atoms with Gasteiger partial charge in [-0.2, -0.15) is 0 Å². The van der Waals surface area contributed by atoms with Crippen molar-refractivity contribution in [3.63, 3.8) is 0 Å². The lowest BCUT2D eigenvalue weighted by atomic mass is 10.2. The first-order valence-corrected chi connectivity index (χ1v) is 8.51.